The smallest absolute Gasteiger partial charge is 0.287 e. The molecule has 1 aromatic rings. The molecule has 0 bridgehead atoms. The molecule has 0 aromatic carbocycles. The van der Waals surface area contributed by atoms with Gasteiger partial charge in [-0.25, -0.2) is 9.36 Å². The fraction of sp³-hybridized carbons (Fsp3) is 0.692. The molecule has 1 aromatic heterocycles. The van der Waals surface area contributed by atoms with Crippen LogP contribution in [0.3, 0.4) is 0 Å². The molecule has 2 atom stereocenters. The van der Waals surface area contributed by atoms with Crippen LogP contribution in [0.1, 0.15) is 26.5 Å². The monoisotopic (exact) mass is 381 g/mol. The molecule has 1 aliphatic heterocycles. The molecule has 0 radical (unpaired) electrons. The van der Waals surface area contributed by atoms with Crippen LogP contribution in [0, 0.1) is 5.82 Å². The summed E-state index contributed by atoms with van der Waals surface area (Å²) in [5.41, 5.74) is -1.89. The van der Waals surface area contributed by atoms with Gasteiger partial charge in [0.15, 0.2) is 6.23 Å². The number of halogens is 1. The Kier molecular flexibility index (Phi) is 6.66. The van der Waals surface area contributed by atoms with Crippen LogP contribution in [0.5, 0.6) is 0 Å². The largest absolute Gasteiger partial charge is 0.474 e. The van der Waals surface area contributed by atoms with E-state index >= 15 is 0 Å². The van der Waals surface area contributed by atoms with Crippen molar-refractivity contribution in [1.29, 1.82) is 0 Å². The Bertz CT molecular complexity index is 742. The van der Waals surface area contributed by atoms with Crippen LogP contribution in [0.4, 0.5) is 4.39 Å². The third kappa shape index (κ3) is 4.84. The van der Waals surface area contributed by atoms with Gasteiger partial charge in [-0.1, -0.05) is 0 Å². The SMILES string of the molecule is CCOP(=O)(OCC)OC[C@H]1C[C@@H](n2cc(F)c(=O)[nH]c2=O)ON1C. The first-order valence-corrected chi connectivity index (χ1v) is 9.20. The van der Waals surface area contributed by atoms with Crippen molar-refractivity contribution >= 4 is 7.82 Å². The average molecular weight is 381 g/mol. The molecule has 0 saturated carbocycles. The van der Waals surface area contributed by atoms with Gasteiger partial charge >= 0.3 is 13.5 Å². The van der Waals surface area contributed by atoms with E-state index in [1.54, 1.807) is 20.9 Å². The molecule has 1 N–H and O–H groups in total. The fourth-order valence-corrected chi connectivity index (χ4v) is 3.53. The second-order valence-electron chi connectivity index (χ2n) is 5.22. The maximum absolute atomic E-state index is 13.4. The van der Waals surface area contributed by atoms with Crippen molar-refractivity contribution in [2.24, 2.45) is 0 Å². The van der Waals surface area contributed by atoms with E-state index in [-0.39, 0.29) is 32.3 Å². The summed E-state index contributed by atoms with van der Waals surface area (Å²) in [4.78, 5) is 30.2. The second kappa shape index (κ2) is 8.35. The van der Waals surface area contributed by atoms with Gasteiger partial charge in [-0.15, -0.1) is 0 Å². The van der Waals surface area contributed by atoms with Crippen LogP contribution >= 0.6 is 7.82 Å². The number of hydroxylamine groups is 2. The van der Waals surface area contributed by atoms with E-state index in [2.05, 4.69) is 0 Å². The first-order chi connectivity index (χ1) is 11.8. The summed E-state index contributed by atoms with van der Waals surface area (Å²) < 4.78 is 42.0. The van der Waals surface area contributed by atoms with Crippen molar-refractivity contribution in [3.05, 3.63) is 32.9 Å². The van der Waals surface area contributed by atoms with Crippen molar-refractivity contribution in [3.8, 4) is 0 Å². The Morgan fingerprint density at radius 1 is 1.32 bits per heavy atom. The maximum Gasteiger partial charge on any atom is 0.474 e. The van der Waals surface area contributed by atoms with Crippen molar-refractivity contribution in [3.63, 3.8) is 0 Å². The molecular formula is C13H21FN3O7P. The van der Waals surface area contributed by atoms with Crippen LogP contribution in [0.25, 0.3) is 0 Å². The second-order valence-corrected chi connectivity index (χ2v) is 6.89. The van der Waals surface area contributed by atoms with Crippen LogP contribution < -0.4 is 11.2 Å². The van der Waals surface area contributed by atoms with Crippen molar-refractivity contribution in [2.75, 3.05) is 26.9 Å². The van der Waals surface area contributed by atoms with E-state index in [4.69, 9.17) is 18.4 Å². The minimum absolute atomic E-state index is 0.0507. The number of rotatable bonds is 8. The first kappa shape index (κ1) is 20.0. The van der Waals surface area contributed by atoms with E-state index in [9.17, 15) is 18.5 Å². The molecule has 0 aliphatic carbocycles. The van der Waals surface area contributed by atoms with Gasteiger partial charge in [0, 0.05) is 13.5 Å². The molecule has 2 heterocycles. The molecule has 10 nitrogen and oxygen atoms in total. The van der Waals surface area contributed by atoms with Gasteiger partial charge in [-0.05, 0) is 13.8 Å². The number of phosphoric acid groups is 1. The van der Waals surface area contributed by atoms with E-state index in [1.807, 2.05) is 4.98 Å². The Balaban J connectivity index is 2.06. The van der Waals surface area contributed by atoms with Gasteiger partial charge in [0.1, 0.15) is 0 Å². The zero-order valence-corrected chi connectivity index (χ0v) is 15.0. The van der Waals surface area contributed by atoms with Crippen LogP contribution in [0.15, 0.2) is 15.8 Å². The lowest BCUT2D eigenvalue weighted by Gasteiger charge is -2.21. The van der Waals surface area contributed by atoms with Gasteiger partial charge in [-0.2, -0.15) is 9.45 Å². The number of likely N-dealkylation sites (N-methyl/N-ethyl adjacent to an activating group) is 1. The van der Waals surface area contributed by atoms with Crippen molar-refractivity contribution in [2.45, 2.75) is 32.5 Å². The van der Waals surface area contributed by atoms with Gasteiger partial charge in [0.25, 0.3) is 5.56 Å². The molecule has 12 heteroatoms. The third-order valence-corrected chi connectivity index (χ3v) is 5.12. The number of hydrogen-bond donors (Lipinski definition) is 1. The number of aromatic amines is 1. The summed E-state index contributed by atoms with van der Waals surface area (Å²) in [6.45, 7) is 3.58. The van der Waals surface area contributed by atoms with E-state index in [0.29, 0.717) is 0 Å². The summed E-state index contributed by atoms with van der Waals surface area (Å²) in [5.74, 6) is -1.09. The molecule has 2 rings (SSSR count). The number of phosphoric ester groups is 1. The highest BCUT2D eigenvalue weighted by Crippen LogP contribution is 2.49. The summed E-state index contributed by atoms with van der Waals surface area (Å²) >= 11 is 0. The summed E-state index contributed by atoms with van der Waals surface area (Å²) in [6.07, 6.45) is 0.185. The quantitative estimate of drug-likeness (QED) is 0.664. The van der Waals surface area contributed by atoms with Crippen molar-refractivity contribution < 1.29 is 27.4 Å². The molecule has 1 fully saturated rings. The number of aromatic nitrogens is 2. The van der Waals surface area contributed by atoms with Crippen LogP contribution in [-0.2, 0) is 23.0 Å². The number of nitrogens with one attached hydrogen (secondary N) is 1. The van der Waals surface area contributed by atoms with E-state index < -0.39 is 31.1 Å². The number of nitrogens with zero attached hydrogens (tertiary/aromatic N) is 2. The Morgan fingerprint density at radius 3 is 2.56 bits per heavy atom. The number of hydrogen-bond acceptors (Lipinski definition) is 8. The average Bonchev–Trinajstić information content (AvgIpc) is 2.90. The normalized spacial score (nSPS) is 21.8. The molecule has 25 heavy (non-hydrogen) atoms. The molecule has 142 valence electrons. The van der Waals surface area contributed by atoms with E-state index in [1.165, 1.54) is 5.06 Å². The van der Waals surface area contributed by atoms with Crippen LogP contribution in [-0.4, -0.2) is 47.5 Å². The zero-order valence-electron chi connectivity index (χ0n) is 14.1. The lowest BCUT2D eigenvalue weighted by atomic mass is 10.2. The highest BCUT2D eigenvalue weighted by molar-refractivity contribution is 7.48. The summed E-state index contributed by atoms with van der Waals surface area (Å²) in [7, 11) is -2.08. The zero-order chi connectivity index (χ0) is 18.6. The fourth-order valence-electron chi connectivity index (χ4n) is 2.32. The summed E-state index contributed by atoms with van der Waals surface area (Å²) in [6, 6.07) is -0.388. The highest BCUT2D eigenvalue weighted by atomic mass is 31.2. The lowest BCUT2D eigenvalue weighted by molar-refractivity contribution is -0.170. The minimum Gasteiger partial charge on any atom is -0.287 e. The Labute approximate surface area is 143 Å². The van der Waals surface area contributed by atoms with Crippen molar-refractivity contribution in [1.82, 2.24) is 14.6 Å². The molecule has 0 amide bonds. The predicted octanol–water partition coefficient (Wildman–Crippen LogP) is 1.01. The lowest BCUT2D eigenvalue weighted by Crippen LogP contribution is -2.34. The van der Waals surface area contributed by atoms with Crippen LogP contribution in [0.2, 0.25) is 0 Å². The number of H-pyrrole nitrogens is 1. The highest BCUT2D eigenvalue weighted by Gasteiger charge is 2.36. The van der Waals surface area contributed by atoms with Gasteiger partial charge < -0.3 is 0 Å². The standard InChI is InChI=1S/C13H21FN3O7P/c1-4-21-25(20,22-5-2)23-8-9-6-11(24-16(9)3)17-7-10(14)12(18)15-13(17)19/h7,9,11H,4-6,8H2,1-3H3,(H,15,18,19)/t9-,11+/m1/s1. The topological polar surface area (TPSA) is 112 Å². The maximum atomic E-state index is 13.4. The van der Waals surface area contributed by atoms with Gasteiger partial charge in [0.2, 0.25) is 5.82 Å². The molecule has 0 spiro atoms. The third-order valence-electron chi connectivity index (χ3n) is 3.51. The van der Waals surface area contributed by atoms with Gasteiger partial charge in [0.05, 0.1) is 32.1 Å². The van der Waals surface area contributed by atoms with E-state index in [0.717, 1.165) is 10.8 Å². The summed E-state index contributed by atoms with van der Waals surface area (Å²) in [5, 5.41) is 1.41. The molecular weight excluding hydrogens is 360 g/mol. The molecule has 1 aliphatic rings. The first-order valence-electron chi connectivity index (χ1n) is 7.73. The van der Waals surface area contributed by atoms with Gasteiger partial charge in [-0.3, -0.25) is 32.8 Å². The molecule has 1 saturated heterocycles. The Morgan fingerprint density at radius 2 is 1.96 bits per heavy atom. The Hall–Kier alpha value is -1.36. The minimum atomic E-state index is -3.67. The predicted molar refractivity (Wildman–Crippen MR) is 84.4 cm³/mol. The molecule has 0 unspecified atom stereocenters.